The SMILES string of the molecule is NC(=O)C1CCN(C(=O)NCC2(c3ccccc3)CCOCC2)C1. The average molecular weight is 331 g/mol. The van der Waals surface area contributed by atoms with Crippen LogP contribution in [0.15, 0.2) is 30.3 Å². The summed E-state index contributed by atoms with van der Waals surface area (Å²) in [6.45, 7) is 3.00. The van der Waals surface area contributed by atoms with Crippen LogP contribution in [0.1, 0.15) is 24.8 Å². The number of urea groups is 1. The Morgan fingerprint density at radius 2 is 1.96 bits per heavy atom. The fourth-order valence-corrected chi connectivity index (χ4v) is 3.65. The van der Waals surface area contributed by atoms with E-state index in [0.717, 1.165) is 12.8 Å². The average Bonchev–Trinajstić information content (AvgIpc) is 3.12. The molecule has 1 aromatic rings. The van der Waals surface area contributed by atoms with Gasteiger partial charge in [0, 0.05) is 38.3 Å². The molecule has 2 aliphatic rings. The van der Waals surface area contributed by atoms with Gasteiger partial charge in [-0.2, -0.15) is 0 Å². The van der Waals surface area contributed by atoms with Gasteiger partial charge in [0.25, 0.3) is 0 Å². The highest BCUT2D eigenvalue weighted by Crippen LogP contribution is 2.34. The van der Waals surface area contributed by atoms with Crippen LogP contribution in [0.3, 0.4) is 0 Å². The first-order valence-corrected chi connectivity index (χ1v) is 8.56. The summed E-state index contributed by atoms with van der Waals surface area (Å²) in [5.41, 5.74) is 6.49. The maximum Gasteiger partial charge on any atom is 0.317 e. The lowest BCUT2D eigenvalue weighted by atomic mass is 9.74. The number of nitrogens with one attached hydrogen (secondary N) is 1. The molecule has 2 aliphatic heterocycles. The number of nitrogens with zero attached hydrogens (tertiary/aromatic N) is 1. The lowest BCUT2D eigenvalue weighted by Crippen LogP contribution is -2.48. The Morgan fingerprint density at radius 3 is 2.58 bits per heavy atom. The number of hydrogen-bond acceptors (Lipinski definition) is 3. The number of amides is 3. The molecular weight excluding hydrogens is 306 g/mol. The zero-order valence-electron chi connectivity index (χ0n) is 13.9. The quantitative estimate of drug-likeness (QED) is 0.871. The number of primary amides is 1. The number of nitrogens with two attached hydrogens (primary N) is 1. The second kappa shape index (κ2) is 7.21. The van der Waals surface area contributed by atoms with Gasteiger partial charge in [-0.25, -0.2) is 4.79 Å². The van der Waals surface area contributed by atoms with Crippen molar-refractivity contribution in [2.75, 3.05) is 32.8 Å². The van der Waals surface area contributed by atoms with E-state index < -0.39 is 0 Å². The minimum absolute atomic E-state index is 0.0853. The van der Waals surface area contributed by atoms with Crippen LogP contribution in [0.4, 0.5) is 4.79 Å². The van der Waals surface area contributed by atoms with Gasteiger partial charge in [-0.1, -0.05) is 30.3 Å². The topological polar surface area (TPSA) is 84.7 Å². The van der Waals surface area contributed by atoms with Gasteiger partial charge in [0.2, 0.25) is 5.91 Å². The third-order valence-electron chi connectivity index (χ3n) is 5.29. The molecule has 0 aliphatic carbocycles. The van der Waals surface area contributed by atoms with Gasteiger partial charge < -0.3 is 20.7 Å². The monoisotopic (exact) mass is 331 g/mol. The van der Waals surface area contributed by atoms with E-state index in [9.17, 15) is 9.59 Å². The maximum atomic E-state index is 12.5. The van der Waals surface area contributed by atoms with Crippen LogP contribution in [-0.4, -0.2) is 49.7 Å². The molecule has 2 fully saturated rings. The number of likely N-dealkylation sites (tertiary alicyclic amines) is 1. The molecule has 2 saturated heterocycles. The molecular formula is C18H25N3O3. The molecule has 0 bridgehead atoms. The van der Waals surface area contributed by atoms with E-state index in [4.69, 9.17) is 10.5 Å². The molecule has 0 saturated carbocycles. The Kier molecular flexibility index (Phi) is 5.04. The number of rotatable bonds is 4. The summed E-state index contributed by atoms with van der Waals surface area (Å²) < 4.78 is 5.52. The van der Waals surface area contributed by atoms with Crippen LogP contribution in [-0.2, 0) is 14.9 Å². The molecule has 1 atom stereocenters. The molecule has 6 nitrogen and oxygen atoms in total. The molecule has 2 heterocycles. The van der Waals surface area contributed by atoms with Gasteiger partial charge in [0.15, 0.2) is 0 Å². The summed E-state index contributed by atoms with van der Waals surface area (Å²) in [7, 11) is 0. The molecule has 130 valence electrons. The molecule has 6 heteroatoms. The van der Waals surface area contributed by atoms with Crippen molar-refractivity contribution in [1.82, 2.24) is 10.2 Å². The third kappa shape index (κ3) is 3.53. The molecule has 1 aromatic carbocycles. The second-order valence-electron chi connectivity index (χ2n) is 6.75. The predicted molar refractivity (Wildman–Crippen MR) is 90.4 cm³/mol. The number of ether oxygens (including phenoxy) is 1. The van der Waals surface area contributed by atoms with E-state index in [-0.39, 0.29) is 23.3 Å². The minimum atomic E-state index is -0.324. The second-order valence-corrected chi connectivity index (χ2v) is 6.75. The van der Waals surface area contributed by atoms with Gasteiger partial charge >= 0.3 is 6.03 Å². The molecule has 3 amide bonds. The summed E-state index contributed by atoms with van der Waals surface area (Å²) in [5, 5.41) is 3.07. The zero-order valence-corrected chi connectivity index (χ0v) is 13.9. The minimum Gasteiger partial charge on any atom is -0.381 e. The number of carbonyl (C=O) groups excluding carboxylic acids is 2. The molecule has 3 N–H and O–H groups in total. The van der Waals surface area contributed by atoms with Crippen LogP contribution in [0.5, 0.6) is 0 Å². The highest BCUT2D eigenvalue weighted by atomic mass is 16.5. The van der Waals surface area contributed by atoms with Gasteiger partial charge in [0.05, 0.1) is 5.92 Å². The van der Waals surface area contributed by atoms with Gasteiger partial charge in [-0.15, -0.1) is 0 Å². The van der Waals surface area contributed by atoms with E-state index in [1.165, 1.54) is 5.56 Å². The summed E-state index contributed by atoms with van der Waals surface area (Å²) in [5.74, 6) is -0.544. The molecule has 24 heavy (non-hydrogen) atoms. The first kappa shape index (κ1) is 16.8. The van der Waals surface area contributed by atoms with E-state index >= 15 is 0 Å². The molecule has 0 radical (unpaired) electrons. The van der Waals surface area contributed by atoms with E-state index in [2.05, 4.69) is 17.4 Å². The van der Waals surface area contributed by atoms with Crippen molar-refractivity contribution in [2.45, 2.75) is 24.7 Å². The molecule has 0 aromatic heterocycles. The summed E-state index contributed by atoms with van der Waals surface area (Å²) >= 11 is 0. The number of hydrogen-bond donors (Lipinski definition) is 2. The van der Waals surface area contributed by atoms with Crippen molar-refractivity contribution in [2.24, 2.45) is 11.7 Å². The Bertz CT molecular complexity index is 584. The highest BCUT2D eigenvalue weighted by molar-refractivity contribution is 5.80. The van der Waals surface area contributed by atoms with Crippen molar-refractivity contribution in [3.8, 4) is 0 Å². The largest absolute Gasteiger partial charge is 0.381 e. The summed E-state index contributed by atoms with van der Waals surface area (Å²) in [6.07, 6.45) is 2.43. The highest BCUT2D eigenvalue weighted by Gasteiger charge is 2.36. The zero-order chi connectivity index (χ0) is 17.0. The smallest absolute Gasteiger partial charge is 0.317 e. The van der Waals surface area contributed by atoms with Crippen molar-refractivity contribution < 1.29 is 14.3 Å². The predicted octanol–water partition coefficient (Wildman–Crippen LogP) is 1.25. The molecule has 3 rings (SSSR count). The Morgan fingerprint density at radius 1 is 1.25 bits per heavy atom. The van der Waals surface area contributed by atoms with Crippen LogP contribution >= 0.6 is 0 Å². The van der Waals surface area contributed by atoms with Gasteiger partial charge in [-0.3, -0.25) is 4.79 Å². The van der Waals surface area contributed by atoms with Crippen LogP contribution < -0.4 is 11.1 Å². The van der Waals surface area contributed by atoms with Gasteiger partial charge in [-0.05, 0) is 24.8 Å². The maximum absolute atomic E-state index is 12.5. The Balaban J connectivity index is 1.64. The number of carbonyl (C=O) groups is 2. The van der Waals surface area contributed by atoms with E-state index in [1.807, 2.05) is 18.2 Å². The molecule has 1 unspecified atom stereocenters. The lowest BCUT2D eigenvalue weighted by Gasteiger charge is -2.38. The Labute approximate surface area is 142 Å². The summed E-state index contributed by atoms with van der Waals surface area (Å²) in [4.78, 5) is 25.4. The molecule has 0 spiro atoms. The fourth-order valence-electron chi connectivity index (χ4n) is 3.65. The van der Waals surface area contributed by atoms with Crippen molar-refractivity contribution in [1.29, 1.82) is 0 Å². The standard InChI is InChI=1S/C18H25N3O3/c19-16(22)14-6-9-21(12-14)17(23)20-13-18(7-10-24-11-8-18)15-4-2-1-3-5-15/h1-5,14H,6-13H2,(H2,19,22)(H,20,23). The van der Waals surface area contributed by atoms with E-state index in [0.29, 0.717) is 39.3 Å². The van der Waals surface area contributed by atoms with Crippen molar-refractivity contribution in [3.63, 3.8) is 0 Å². The fraction of sp³-hybridized carbons (Fsp3) is 0.556. The van der Waals surface area contributed by atoms with Crippen LogP contribution in [0.25, 0.3) is 0 Å². The first-order valence-electron chi connectivity index (χ1n) is 8.56. The van der Waals surface area contributed by atoms with Crippen molar-refractivity contribution in [3.05, 3.63) is 35.9 Å². The summed E-state index contributed by atoms with van der Waals surface area (Å²) in [6, 6.07) is 10.2. The first-order chi connectivity index (χ1) is 11.6. The van der Waals surface area contributed by atoms with E-state index in [1.54, 1.807) is 4.90 Å². The van der Waals surface area contributed by atoms with Crippen LogP contribution in [0.2, 0.25) is 0 Å². The van der Waals surface area contributed by atoms with Crippen molar-refractivity contribution >= 4 is 11.9 Å². The number of benzene rings is 1. The van der Waals surface area contributed by atoms with Crippen LogP contribution in [0, 0.1) is 5.92 Å². The Hall–Kier alpha value is -2.08. The normalized spacial score (nSPS) is 23.0. The van der Waals surface area contributed by atoms with Gasteiger partial charge in [0.1, 0.15) is 0 Å². The third-order valence-corrected chi connectivity index (χ3v) is 5.29. The lowest BCUT2D eigenvalue weighted by molar-refractivity contribution is -0.121.